The number of hydrogen-bond donors (Lipinski definition) is 1. The minimum absolute atomic E-state index is 0.125. The zero-order chi connectivity index (χ0) is 13.1. The Balaban J connectivity index is 2.95. The van der Waals surface area contributed by atoms with Crippen molar-refractivity contribution >= 4 is 0 Å². The highest BCUT2D eigenvalue weighted by molar-refractivity contribution is 5.01. The SMILES string of the molecule is CCOC(C(O)c1nccn1CC)C(C)(C)C. The monoisotopic (exact) mass is 240 g/mol. The van der Waals surface area contributed by atoms with Crippen molar-refractivity contribution in [2.75, 3.05) is 6.61 Å². The molecule has 0 fully saturated rings. The molecule has 0 radical (unpaired) electrons. The Morgan fingerprint density at radius 2 is 2.06 bits per heavy atom. The second-order valence-corrected chi connectivity index (χ2v) is 5.26. The number of aliphatic hydroxyl groups excluding tert-OH is 1. The summed E-state index contributed by atoms with van der Waals surface area (Å²) < 4.78 is 7.64. The lowest BCUT2D eigenvalue weighted by atomic mass is 9.85. The highest BCUT2D eigenvalue weighted by atomic mass is 16.5. The van der Waals surface area contributed by atoms with E-state index in [4.69, 9.17) is 4.74 Å². The normalized spacial score (nSPS) is 15.9. The maximum atomic E-state index is 10.4. The standard InChI is InChI=1S/C13H24N2O2/c1-6-15-9-8-14-12(15)10(16)11(17-7-2)13(3,4)5/h8-11,16H,6-7H2,1-5H3. The summed E-state index contributed by atoms with van der Waals surface area (Å²) in [6, 6.07) is 0. The Bertz CT molecular complexity index is 341. The number of rotatable bonds is 5. The average Bonchev–Trinajstić information content (AvgIpc) is 2.71. The summed E-state index contributed by atoms with van der Waals surface area (Å²) in [6.45, 7) is 11.6. The van der Waals surface area contributed by atoms with Crippen molar-refractivity contribution in [3.63, 3.8) is 0 Å². The van der Waals surface area contributed by atoms with E-state index in [1.165, 1.54) is 0 Å². The van der Waals surface area contributed by atoms with E-state index in [1.54, 1.807) is 6.20 Å². The van der Waals surface area contributed by atoms with E-state index < -0.39 is 6.10 Å². The third-order valence-electron chi connectivity index (χ3n) is 2.84. The van der Waals surface area contributed by atoms with Crippen LogP contribution in [0.2, 0.25) is 0 Å². The molecule has 1 N–H and O–H groups in total. The first-order chi connectivity index (χ1) is 7.91. The molecule has 2 atom stereocenters. The number of aliphatic hydroxyl groups is 1. The van der Waals surface area contributed by atoms with Gasteiger partial charge in [-0.25, -0.2) is 4.98 Å². The molecule has 0 amide bonds. The lowest BCUT2D eigenvalue weighted by Gasteiger charge is -2.33. The van der Waals surface area contributed by atoms with Gasteiger partial charge in [0.2, 0.25) is 0 Å². The van der Waals surface area contributed by atoms with Crippen molar-refractivity contribution in [3.05, 3.63) is 18.2 Å². The fourth-order valence-corrected chi connectivity index (χ4v) is 1.98. The number of imidazole rings is 1. The van der Waals surface area contributed by atoms with Gasteiger partial charge in [-0.15, -0.1) is 0 Å². The van der Waals surface area contributed by atoms with Gasteiger partial charge in [0.1, 0.15) is 11.9 Å². The molecule has 2 unspecified atom stereocenters. The molecule has 0 aromatic carbocycles. The van der Waals surface area contributed by atoms with Crippen LogP contribution in [0.25, 0.3) is 0 Å². The Labute approximate surface area is 104 Å². The highest BCUT2D eigenvalue weighted by Gasteiger charge is 2.34. The molecular formula is C13H24N2O2. The average molecular weight is 240 g/mol. The van der Waals surface area contributed by atoms with Gasteiger partial charge >= 0.3 is 0 Å². The van der Waals surface area contributed by atoms with E-state index in [0.29, 0.717) is 12.4 Å². The third-order valence-corrected chi connectivity index (χ3v) is 2.84. The summed E-state index contributed by atoms with van der Waals surface area (Å²) in [5.74, 6) is 0.681. The van der Waals surface area contributed by atoms with Crippen LogP contribution < -0.4 is 0 Å². The number of aromatic nitrogens is 2. The zero-order valence-electron chi connectivity index (χ0n) is 11.5. The molecule has 4 nitrogen and oxygen atoms in total. The lowest BCUT2D eigenvalue weighted by molar-refractivity contribution is -0.0937. The molecule has 0 aliphatic rings. The molecule has 0 spiro atoms. The van der Waals surface area contributed by atoms with Crippen molar-refractivity contribution in [2.24, 2.45) is 5.41 Å². The Kier molecular flexibility index (Phi) is 4.71. The fourth-order valence-electron chi connectivity index (χ4n) is 1.98. The fraction of sp³-hybridized carbons (Fsp3) is 0.769. The van der Waals surface area contributed by atoms with Crippen LogP contribution in [0.5, 0.6) is 0 Å². The van der Waals surface area contributed by atoms with E-state index in [-0.39, 0.29) is 11.5 Å². The molecule has 1 heterocycles. The predicted octanol–water partition coefficient (Wildman–Crippen LogP) is 2.39. The zero-order valence-corrected chi connectivity index (χ0v) is 11.5. The van der Waals surface area contributed by atoms with Crippen LogP contribution in [0.3, 0.4) is 0 Å². The van der Waals surface area contributed by atoms with Gasteiger partial charge in [0, 0.05) is 25.5 Å². The Morgan fingerprint density at radius 3 is 2.53 bits per heavy atom. The van der Waals surface area contributed by atoms with Gasteiger partial charge in [0.15, 0.2) is 0 Å². The van der Waals surface area contributed by atoms with E-state index >= 15 is 0 Å². The molecule has 1 rings (SSSR count). The summed E-state index contributed by atoms with van der Waals surface area (Å²) in [7, 11) is 0. The predicted molar refractivity (Wildman–Crippen MR) is 67.7 cm³/mol. The van der Waals surface area contributed by atoms with Crippen LogP contribution in [0, 0.1) is 5.41 Å². The highest BCUT2D eigenvalue weighted by Crippen LogP contribution is 2.32. The second kappa shape index (κ2) is 5.65. The number of ether oxygens (including phenoxy) is 1. The van der Waals surface area contributed by atoms with Gasteiger partial charge in [-0.3, -0.25) is 0 Å². The number of nitrogens with zero attached hydrogens (tertiary/aromatic N) is 2. The van der Waals surface area contributed by atoms with Crippen molar-refractivity contribution in [3.8, 4) is 0 Å². The van der Waals surface area contributed by atoms with Crippen molar-refractivity contribution < 1.29 is 9.84 Å². The molecule has 0 bridgehead atoms. The van der Waals surface area contributed by atoms with Crippen LogP contribution in [0.1, 0.15) is 46.5 Å². The van der Waals surface area contributed by atoms with E-state index in [9.17, 15) is 5.11 Å². The first-order valence-electron chi connectivity index (χ1n) is 6.22. The van der Waals surface area contributed by atoms with E-state index in [2.05, 4.69) is 25.8 Å². The quantitative estimate of drug-likeness (QED) is 0.859. The van der Waals surface area contributed by atoms with Gasteiger partial charge in [-0.2, -0.15) is 0 Å². The number of aryl methyl sites for hydroxylation is 1. The molecule has 17 heavy (non-hydrogen) atoms. The maximum absolute atomic E-state index is 10.4. The van der Waals surface area contributed by atoms with Gasteiger partial charge in [-0.1, -0.05) is 20.8 Å². The van der Waals surface area contributed by atoms with Gasteiger partial charge in [0.05, 0.1) is 6.10 Å². The molecule has 0 saturated heterocycles. The maximum Gasteiger partial charge on any atom is 0.140 e. The minimum Gasteiger partial charge on any atom is -0.382 e. The molecule has 1 aromatic heterocycles. The van der Waals surface area contributed by atoms with Gasteiger partial charge in [-0.05, 0) is 19.3 Å². The summed E-state index contributed by atoms with van der Waals surface area (Å²) in [5.41, 5.74) is -0.125. The molecule has 1 aromatic rings. The molecule has 0 aliphatic carbocycles. The number of hydrogen-bond acceptors (Lipinski definition) is 3. The van der Waals surface area contributed by atoms with Crippen molar-refractivity contribution in [1.82, 2.24) is 9.55 Å². The van der Waals surface area contributed by atoms with Crippen LogP contribution in [-0.2, 0) is 11.3 Å². The third kappa shape index (κ3) is 3.30. The minimum atomic E-state index is -0.690. The topological polar surface area (TPSA) is 47.3 Å². The molecular weight excluding hydrogens is 216 g/mol. The van der Waals surface area contributed by atoms with Crippen LogP contribution in [-0.4, -0.2) is 27.4 Å². The van der Waals surface area contributed by atoms with Gasteiger partial charge < -0.3 is 14.4 Å². The summed E-state index contributed by atoms with van der Waals surface area (Å²) in [4.78, 5) is 4.24. The van der Waals surface area contributed by atoms with Gasteiger partial charge in [0.25, 0.3) is 0 Å². The Morgan fingerprint density at radius 1 is 1.41 bits per heavy atom. The van der Waals surface area contributed by atoms with Crippen LogP contribution in [0.15, 0.2) is 12.4 Å². The summed E-state index contributed by atoms with van der Waals surface area (Å²) in [6.07, 6.45) is 2.66. The Hall–Kier alpha value is -0.870. The van der Waals surface area contributed by atoms with E-state index in [1.807, 2.05) is 24.6 Å². The van der Waals surface area contributed by atoms with E-state index in [0.717, 1.165) is 6.54 Å². The molecule has 4 heteroatoms. The van der Waals surface area contributed by atoms with Crippen molar-refractivity contribution in [2.45, 2.75) is 53.4 Å². The lowest BCUT2D eigenvalue weighted by Crippen LogP contribution is -2.36. The first-order valence-corrected chi connectivity index (χ1v) is 6.22. The summed E-state index contributed by atoms with van der Waals surface area (Å²) in [5, 5.41) is 10.4. The summed E-state index contributed by atoms with van der Waals surface area (Å²) >= 11 is 0. The smallest absolute Gasteiger partial charge is 0.140 e. The first kappa shape index (κ1) is 14.2. The second-order valence-electron chi connectivity index (χ2n) is 5.26. The van der Waals surface area contributed by atoms with Crippen LogP contribution in [0.4, 0.5) is 0 Å². The largest absolute Gasteiger partial charge is 0.382 e. The van der Waals surface area contributed by atoms with Crippen LogP contribution >= 0.6 is 0 Å². The molecule has 0 saturated carbocycles. The molecule has 98 valence electrons. The van der Waals surface area contributed by atoms with Crippen molar-refractivity contribution in [1.29, 1.82) is 0 Å². The molecule has 0 aliphatic heterocycles.